The van der Waals surface area contributed by atoms with Crippen molar-refractivity contribution >= 4 is 5.65 Å². The van der Waals surface area contributed by atoms with E-state index >= 15 is 0 Å². The maximum atomic E-state index is 10.8. The van der Waals surface area contributed by atoms with Crippen LogP contribution in [0.5, 0.6) is 5.75 Å². The van der Waals surface area contributed by atoms with Gasteiger partial charge in [0.2, 0.25) is 0 Å². The molecule has 1 aliphatic heterocycles. The zero-order valence-corrected chi connectivity index (χ0v) is 18.7. The molecule has 2 aliphatic rings. The molecule has 3 aromatic rings. The summed E-state index contributed by atoms with van der Waals surface area (Å²) in [6.07, 6.45) is 3.00. The number of rotatable bonds is 4. The van der Waals surface area contributed by atoms with Gasteiger partial charge in [-0.15, -0.1) is 0 Å². The normalized spacial score (nSPS) is 26.4. The van der Waals surface area contributed by atoms with Gasteiger partial charge in [-0.1, -0.05) is 0 Å². The van der Waals surface area contributed by atoms with Crippen LogP contribution in [0.4, 0.5) is 0 Å². The fourth-order valence-corrected chi connectivity index (χ4v) is 5.37. The molecule has 0 spiro atoms. The summed E-state index contributed by atoms with van der Waals surface area (Å²) < 4.78 is 8.16. The number of aryl methyl sites for hydroxylation is 4. The first-order valence-corrected chi connectivity index (χ1v) is 11.2. The molecule has 1 saturated carbocycles. The first kappa shape index (κ1) is 20.4. The maximum absolute atomic E-state index is 10.8. The Balaban J connectivity index is 1.28. The molecule has 2 fully saturated rings. The Morgan fingerprint density at radius 3 is 2.58 bits per heavy atom. The first-order valence-electron chi connectivity index (χ1n) is 11.2. The Bertz CT molecular complexity index is 1110. The van der Waals surface area contributed by atoms with Crippen LogP contribution < -0.4 is 4.74 Å². The van der Waals surface area contributed by atoms with Crippen LogP contribution in [0.3, 0.4) is 0 Å². The number of aliphatic hydroxyl groups is 1. The van der Waals surface area contributed by atoms with Gasteiger partial charge in [-0.05, 0) is 70.6 Å². The van der Waals surface area contributed by atoms with Crippen molar-refractivity contribution in [3.05, 3.63) is 52.7 Å². The molecule has 1 saturated heterocycles. The van der Waals surface area contributed by atoms with Crippen molar-refractivity contribution in [1.82, 2.24) is 24.5 Å². The lowest BCUT2D eigenvalue weighted by molar-refractivity contribution is -0.0236. The molecule has 0 unspecified atom stereocenters. The zero-order valence-electron chi connectivity index (χ0n) is 18.7. The summed E-state index contributed by atoms with van der Waals surface area (Å²) in [5, 5.41) is 15.3. The van der Waals surface area contributed by atoms with Crippen LogP contribution in [0.2, 0.25) is 0 Å². The number of aromatic nitrogens is 4. The fourth-order valence-electron chi connectivity index (χ4n) is 5.37. The van der Waals surface area contributed by atoms with Gasteiger partial charge in [-0.3, -0.25) is 9.88 Å². The van der Waals surface area contributed by atoms with E-state index in [4.69, 9.17) is 9.72 Å². The van der Waals surface area contributed by atoms with E-state index in [0.29, 0.717) is 11.8 Å². The predicted molar refractivity (Wildman–Crippen MR) is 118 cm³/mol. The van der Waals surface area contributed by atoms with E-state index < -0.39 is 6.10 Å². The average molecular weight is 422 g/mol. The summed E-state index contributed by atoms with van der Waals surface area (Å²) in [6.45, 7) is 10.9. The third-order valence-corrected chi connectivity index (χ3v) is 6.86. The molecule has 164 valence electrons. The minimum Gasteiger partial charge on any atom is -0.486 e. The Hall–Kier alpha value is -2.51. The number of fused-ring (bicyclic) bond motifs is 2. The maximum Gasteiger partial charge on any atom is 0.159 e. The number of aliphatic hydroxyl groups excluding tert-OH is 1. The van der Waals surface area contributed by atoms with Gasteiger partial charge in [0.25, 0.3) is 0 Å². The van der Waals surface area contributed by atoms with Crippen LogP contribution >= 0.6 is 0 Å². The van der Waals surface area contributed by atoms with Gasteiger partial charge in [0, 0.05) is 42.3 Å². The smallest absolute Gasteiger partial charge is 0.159 e. The molecule has 1 aliphatic carbocycles. The largest absolute Gasteiger partial charge is 0.486 e. The van der Waals surface area contributed by atoms with Gasteiger partial charge >= 0.3 is 0 Å². The third-order valence-electron chi connectivity index (χ3n) is 6.86. The molecule has 0 radical (unpaired) electrons. The quantitative estimate of drug-likeness (QED) is 0.698. The lowest BCUT2D eigenvalue weighted by Gasteiger charge is -2.35. The van der Waals surface area contributed by atoms with Gasteiger partial charge in [-0.25, -0.2) is 9.50 Å². The second-order valence-electron chi connectivity index (χ2n) is 9.39. The molecule has 7 nitrogen and oxygen atoms in total. The van der Waals surface area contributed by atoms with Crippen LogP contribution in [-0.4, -0.2) is 54.9 Å². The topological polar surface area (TPSA) is 75.8 Å². The molecular weight excluding hydrogens is 390 g/mol. The van der Waals surface area contributed by atoms with Crippen LogP contribution in [0.1, 0.15) is 41.2 Å². The zero-order chi connectivity index (χ0) is 21.7. The van der Waals surface area contributed by atoms with Crippen LogP contribution in [0.25, 0.3) is 5.65 Å². The molecule has 0 bridgehead atoms. The Morgan fingerprint density at radius 2 is 1.81 bits per heavy atom. The van der Waals surface area contributed by atoms with Crippen molar-refractivity contribution < 1.29 is 9.84 Å². The monoisotopic (exact) mass is 421 g/mol. The highest BCUT2D eigenvalue weighted by Crippen LogP contribution is 2.39. The number of likely N-dealkylation sites (tertiary alicyclic amines) is 1. The number of hydrogen-bond acceptors (Lipinski definition) is 6. The Labute approximate surface area is 183 Å². The van der Waals surface area contributed by atoms with E-state index in [2.05, 4.69) is 28.0 Å². The molecule has 4 heterocycles. The lowest BCUT2D eigenvalue weighted by Crippen LogP contribution is -2.42. The minimum absolute atomic E-state index is 0.173. The molecule has 1 N–H and O–H groups in total. The van der Waals surface area contributed by atoms with Crippen LogP contribution in [-0.2, 0) is 6.54 Å². The summed E-state index contributed by atoms with van der Waals surface area (Å²) in [6, 6.07) is 5.99. The molecule has 5 rings (SSSR count). The Morgan fingerprint density at radius 1 is 1.03 bits per heavy atom. The third kappa shape index (κ3) is 3.92. The molecule has 7 heteroatoms. The Kier molecular flexibility index (Phi) is 5.18. The van der Waals surface area contributed by atoms with Crippen molar-refractivity contribution in [1.29, 1.82) is 0 Å². The standard InChI is InChI=1S/C24H31N5O2/c1-14-5-6-22(17(4)26-14)31-23-9-19-12-28(11-18(19)8-21(23)30)13-20-10-25-29-16(3)7-15(2)27-24(20)29/h5-7,10,18-19,21,23,30H,8-9,11-13H2,1-4H3/t18-,19+,21+,23+/m0/s1. The summed E-state index contributed by atoms with van der Waals surface area (Å²) in [7, 11) is 0. The molecule has 0 aromatic carbocycles. The lowest BCUT2D eigenvalue weighted by atomic mass is 9.78. The van der Waals surface area contributed by atoms with Crippen molar-refractivity contribution in [3.63, 3.8) is 0 Å². The van der Waals surface area contributed by atoms with E-state index in [1.54, 1.807) is 0 Å². The van der Waals surface area contributed by atoms with Gasteiger partial charge in [0.15, 0.2) is 5.65 Å². The van der Waals surface area contributed by atoms with Crippen LogP contribution in [0, 0.1) is 39.5 Å². The number of nitrogens with zero attached hydrogens (tertiary/aromatic N) is 5. The van der Waals surface area contributed by atoms with Crippen molar-refractivity contribution in [2.45, 2.75) is 59.3 Å². The highest BCUT2D eigenvalue weighted by atomic mass is 16.5. The van der Waals surface area contributed by atoms with Crippen molar-refractivity contribution in [2.75, 3.05) is 13.1 Å². The van der Waals surface area contributed by atoms with Gasteiger partial charge in [0.1, 0.15) is 11.9 Å². The summed E-state index contributed by atoms with van der Waals surface area (Å²) >= 11 is 0. The molecular formula is C24H31N5O2. The van der Waals surface area contributed by atoms with E-state index in [-0.39, 0.29) is 6.10 Å². The number of pyridine rings is 1. The van der Waals surface area contributed by atoms with Gasteiger partial charge < -0.3 is 9.84 Å². The van der Waals surface area contributed by atoms with Crippen molar-refractivity contribution in [2.24, 2.45) is 11.8 Å². The van der Waals surface area contributed by atoms with Gasteiger partial charge in [0.05, 0.1) is 18.0 Å². The SMILES string of the molecule is Cc1ccc(O[C@@H]2C[C@@H]3CN(Cc4cnn5c(C)cc(C)nc45)C[C@@H]3C[C@H]2O)c(C)n1. The molecule has 4 atom stereocenters. The molecule has 0 amide bonds. The summed E-state index contributed by atoms with van der Waals surface area (Å²) in [4.78, 5) is 11.7. The molecule has 3 aromatic heterocycles. The van der Waals surface area contributed by atoms with E-state index in [9.17, 15) is 5.11 Å². The highest BCUT2D eigenvalue weighted by molar-refractivity contribution is 5.47. The first-order chi connectivity index (χ1) is 14.9. The van der Waals surface area contributed by atoms with Crippen LogP contribution in [0.15, 0.2) is 24.4 Å². The second-order valence-corrected chi connectivity index (χ2v) is 9.39. The van der Waals surface area contributed by atoms with Crippen molar-refractivity contribution in [3.8, 4) is 5.75 Å². The van der Waals surface area contributed by atoms with E-state index in [0.717, 1.165) is 66.6 Å². The van der Waals surface area contributed by atoms with E-state index in [1.807, 2.05) is 43.6 Å². The minimum atomic E-state index is -0.439. The predicted octanol–water partition coefficient (Wildman–Crippen LogP) is 3.01. The molecule has 31 heavy (non-hydrogen) atoms. The number of hydrogen-bond donors (Lipinski definition) is 1. The fraction of sp³-hybridized carbons (Fsp3) is 0.542. The van der Waals surface area contributed by atoms with Gasteiger partial charge in [-0.2, -0.15) is 5.10 Å². The van der Waals surface area contributed by atoms with E-state index in [1.165, 1.54) is 5.56 Å². The average Bonchev–Trinajstić information content (AvgIpc) is 3.28. The summed E-state index contributed by atoms with van der Waals surface area (Å²) in [5.74, 6) is 1.82. The highest BCUT2D eigenvalue weighted by Gasteiger charge is 2.42. The summed E-state index contributed by atoms with van der Waals surface area (Å²) in [5.41, 5.74) is 6.11. The second kappa shape index (κ2) is 7.88. The number of ether oxygens (including phenoxy) is 1.